The molecule has 0 unspecified atom stereocenters. The lowest BCUT2D eigenvalue weighted by Crippen LogP contribution is -2.28. The van der Waals surface area contributed by atoms with Crippen molar-refractivity contribution in [2.45, 2.75) is 13.1 Å². The van der Waals surface area contributed by atoms with Crippen LogP contribution in [0, 0.1) is 6.92 Å². The van der Waals surface area contributed by atoms with E-state index in [-0.39, 0.29) is 22.4 Å². The number of alkyl halides is 3. The quantitative estimate of drug-likeness (QED) is 0.371. The van der Waals surface area contributed by atoms with Crippen LogP contribution in [0.15, 0.2) is 43.0 Å². The summed E-state index contributed by atoms with van der Waals surface area (Å²) in [6.45, 7) is 1.55. The average Bonchev–Trinajstić information content (AvgIpc) is 3.13. The molecule has 1 amide bonds. The Kier molecular flexibility index (Phi) is 5.78. The van der Waals surface area contributed by atoms with Crippen LogP contribution < -0.4 is 10.9 Å². The summed E-state index contributed by atoms with van der Waals surface area (Å²) in [5.41, 5.74) is 4.76. The summed E-state index contributed by atoms with van der Waals surface area (Å²) in [5.74, 6) is -0.153. The Bertz CT molecular complexity index is 1070. The van der Waals surface area contributed by atoms with Crippen LogP contribution in [0.4, 0.5) is 19.0 Å². The maximum Gasteiger partial charge on any atom is 0.416 e. The Balaban J connectivity index is 1.67. The molecule has 29 heavy (non-hydrogen) atoms. The number of hydrogen-bond donors (Lipinski definition) is 2. The predicted molar refractivity (Wildman–Crippen MR) is 99.3 cm³/mol. The number of carbonyl (C=O) groups excluding carboxylic acids is 1. The minimum atomic E-state index is -4.47. The molecule has 0 aliphatic carbocycles. The first kappa shape index (κ1) is 20.3. The Labute approximate surface area is 167 Å². The summed E-state index contributed by atoms with van der Waals surface area (Å²) in [4.78, 5) is 23.4. The van der Waals surface area contributed by atoms with E-state index in [1.165, 1.54) is 29.6 Å². The largest absolute Gasteiger partial charge is 0.416 e. The van der Waals surface area contributed by atoms with Crippen molar-refractivity contribution < 1.29 is 18.0 Å². The molecule has 3 aromatic rings. The molecule has 3 rings (SSSR count). The first-order valence-corrected chi connectivity index (χ1v) is 8.40. The van der Waals surface area contributed by atoms with Gasteiger partial charge in [0, 0.05) is 23.9 Å². The highest BCUT2D eigenvalue weighted by Gasteiger charge is 2.31. The van der Waals surface area contributed by atoms with E-state index in [9.17, 15) is 18.0 Å². The van der Waals surface area contributed by atoms with E-state index in [1.54, 1.807) is 13.0 Å². The molecule has 2 heterocycles. The number of amides is 1. The third-order valence-corrected chi connectivity index (χ3v) is 3.70. The van der Waals surface area contributed by atoms with Gasteiger partial charge < -0.3 is 0 Å². The number of aromatic nitrogens is 5. The second-order valence-corrected chi connectivity index (χ2v) is 6.18. The van der Waals surface area contributed by atoms with Gasteiger partial charge in [-0.25, -0.2) is 19.6 Å². The summed E-state index contributed by atoms with van der Waals surface area (Å²) >= 11 is 5.70. The smallest absolute Gasteiger partial charge is 0.281 e. The van der Waals surface area contributed by atoms with Crippen molar-refractivity contribution in [1.82, 2.24) is 30.2 Å². The van der Waals surface area contributed by atoms with Crippen LogP contribution in [0.2, 0.25) is 5.15 Å². The van der Waals surface area contributed by atoms with Gasteiger partial charge in [0.1, 0.15) is 23.6 Å². The molecule has 0 radical (unpaired) electrons. The molecular weight excluding hydrogens is 411 g/mol. The highest BCUT2D eigenvalue weighted by atomic mass is 35.5. The second-order valence-electron chi connectivity index (χ2n) is 5.79. The standard InChI is InChI=1S/C17H13ClF3N7O/c1-10-4-11(6-12(5-10)17(19,20)21)16-24-9-28(27-16)3-2-15(29)26-25-14-7-13(18)22-8-23-14/h2-9H,1H3,(H,26,29)(H,22,23,25)/b3-2-. The predicted octanol–water partition coefficient (Wildman–Crippen LogP) is 3.33. The molecule has 0 saturated heterocycles. The lowest BCUT2D eigenvalue weighted by Gasteiger charge is -2.09. The van der Waals surface area contributed by atoms with E-state index in [2.05, 4.69) is 30.9 Å². The highest BCUT2D eigenvalue weighted by molar-refractivity contribution is 6.29. The summed E-state index contributed by atoms with van der Waals surface area (Å²) in [6, 6.07) is 4.97. The number of aryl methyl sites for hydroxylation is 1. The molecule has 0 saturated carbocycles. The number of hydrogen-bond acceptors (Lipinski definition) is 6. The molecule has 0 atom stereocenters. The van der Waals surface area contributed by atoms with Crippen LogP contribution in [0.25, 0.3) is 17.6 Å². The summed E-state index contributed by atoms with van der Waals surface area (Å²) in [5, 5.41) is 4.26. The maximum atomic E-state index is 13.0. The lowest BCUT2D eigenvalue weighted by atomic mass is 10.1. The van der Waals surface area contributed by atoms with Gasteiger partial charge in [-0.3, -0.25) is 15.6 Å². The topological polar surface area (TPSA) is 97.6 Å². The lowest BCUT2D eigenvalue weighted by molar-refractivity contribution is -0.137. The molecule has 2 aromatic heterocycles. The zero-order valence-corrected chi connectivity index (χ0v) is 15.5. The van der Waals surface area contributed by atoms with Crippen molar-refractivity contribution in [3.8, 4) is 11.4 Å². The average molecular weight is 424 g/mol. The molecule has 12 heteroatoms. The normalized spacial score (nSPS) is 11.6. The fourth-order valence-electron chi connectivity index (χ4n) is 2.27. The fourth-order valence-corrected chi connectivity index (χ4v) is 2.42. The van der Waals surface area contributed by atoms with E-state index in [1.807, 2.05) is 0 Å². The molecule has 0 fully saturated rings. The Hall–Kier alpha value is -3.47. The van der Waals surface area contributed by atoms with Crippen molar-refractivity contribution in [1.29, 1.82) is 0 Å². The molecule has 2 N–H and O–H groups in total. The third kappa shape index (κ3) is 5.51. The van der Waals surface area contributed by atoms with Gasteiger partial charge in [0.15, 0.2) is 5.82 Å². The molecule has 1 aromatic carbocycles. The van der Waals surface area contributed by atoms with Gasteiger partial charge in [-0.15, -0.1) is 5.10 Å². The number of rotatable bonds is 5. The minimum Gasteiger partial charge on any atom is -0.281 e. The molecule has 0 bridgehead atoms. The van der Waals surface area contributed by atoms with Crippen molar-refractivity contribution in [2.24, 2.45) is 0 Å². The van der Waals surface area contributed by atoms with Crippen LogP contribution >= 0.6 is 11.6 Å². The highest BCUT2D eigenvalue weighted by Crippen LogP contribution is 2.32. The molecule has 0 aliphatic heterocycles. The summed E-state index contributed by atoms with van der Waals surface area (Å²) in [6.07, 6.45) is 0.459. The Morgan fingerprint density at radius 3 is 2.69 bits per heavy atom. The Morgan fingerprint density at radius 1 is 1.17 bits per heavy atom. The number of hydrazine groups is 1. The summed E-state index contributed by atoms with van der Waals surface area (Å²) in [7, 11) is 0. The van der Waals surface area contributed by atoms with Gasteiger partial charge >= 0.3 is 6.18 Å². The van der Waals surface area contributed by atoms with Gasteiger partial charge in [0.25, 0.3) is 5.91 Å². The fraction of sp³-hybridized carbons (Fsp3) is 0.118. The van der Waals surface area contributed by atoms with Crippen LogP contribution in [0.1, 0.15) is 11.1 Å². The number of anilines is 1. The molecule has 0 spiro atoms. The van der Waals surface area contributed by atoms with Gasteiger partial charge in [0.2, 0.25) is 0 Å². The van der Waals surface area contributed by atoms with Gasteiger partial charge in [-0.05, 0) is 30.7 Å². The molecule has 8 nitrogen and oxygen atoms in total. The van der Waals surface area contributed by atoms with E-state index >= 15 is 0 Å². The van der Waals surface area contributed by atoms with E-state index in [0.29, 0.717) is 5.56 Å². The van der Waals surface area contributed by atoms with E-state index in [4.69, 9.17) is 11.6 Å². The molecule has 150 valence electrons. The number of nitrogens with zero attached hydrogens (tertiary/aromatic N) is 5. The summed E-state index contributed by atoms with van der Waals surface area (Å²) < 4.78 is 40.1. The Morgan fingerprint density at radius 2 is 1.97 bits per heavy atom. The second kappa shape index (κ2) is 8.27. The van der Waals surface area contributed by atoms with Gasteiger partial charge in [-0.1, -0.05) is 11.6 Å². The zero-order valence-electron chi connectivity index (χ0n) is 14.8. The van der Waals surface area contributed by atoms with E-state index < -0.39 is 17.6 Å². The van der Waals surface area contributed by atoms with Crippen molar-refractivity contribution in [3.63, 3.8) is 0 Å². The van der Waals surface area contributed by atoms with Crippen molar-refractivity contribution >= 4 is 29.5 Å². The van der Waals surface area contributed by atoms with Crippen molar-refractivity contribution in [2.75, 3.05) is 5.43 Å². The van der Waals surface area contributed by atoms with Crippen LogP contribution in [-0.4, -0.2) is 30.6 Å². The van der Waals surface area contributed by atoms with Crippen molar-refractivity contribution in [3.05, 3.63) is 59.3 Å². The molecule has 0 aliphatic rings. The third-order valence-electron chi connectivity index (χ3n) is 3.50. The van der Waals surface area contributed by atoms with Crippen LogP contribution in [-0.2, 0) is 11.0 Å². The van der Waals surface area contributed by atoms with Gasteiger partial charge in [0.05, 0.1) is 5.56 Å². The zero-order chi connectivity index (χ0) is 21.0. The van der Waals surface area contributed by atoms with Crippen LogP contribution in [0.3, 0.4) is 0 Å². The number of halogens is 4. The molecular formula is C17H13ClF3N7O. The van der Waals surface area contributed by atoms with Gasteiger partial charge in [-0.2, -0.15) is 13.2 Å². The minimum absolute atomic E-state index is 0.0954. The van der Waals surface area contributed by atoms with E-state index in [0.717, 1.165) is 18.2 Å². The first-order valence-electron chi connectivity index (χ1n) is 8.03. The first-order chi connectivity index (χ1) is 13.7. The SMILES string of the molecule is Cc1cc(-c2ncn(/C=C\C(=O)NNc3cc(Cl)ncn3)n2)cc(C(F)(F)F)c1. The number of benzene rings is 1. The number of nitrogens with one attached hydrogen (secondary N) is 2. The number of carbonyl (C=O) groups is 1. The maximum absolute atomic E-state index is 13.0. The monoisotopic (exact) mass is 423 g/mol. The van der Waals surface area contributed by atoms with Crippen LogP contribution in [0.5, 0.6) is 0 Å².